The number of ether oxygens (including phenoxy) is 2. The lowest BCUT2D eigenvalue weighted by molar-refractivity contribution is 0.0503. The van der Waals surface area contributed by atoms with Gasteiger partial charge in [0.1, 0.15) is 5.60 Å². The van der Waals surface area contributed by atoms with Crippen molar-refractivity contribution in [3.63, 3.8) is 0 Å². The van der Waals surface area contributed by atoms with Gasteiger partial charge in [0.15, 0.2) is 5.96 Å². The number of aliphatic imine (C=N–C) groups is 1. The second-order valence-electron chi connectivity index (χ2n) is 8.23. The maximum absolute atomic E-state index is 12.1. The molecule has 0 radical (unpaired) electrons. The first-order valence-corrected chi connectivity index (χ1v) is 10.6. The van der Waals surface area contributed by atoms with Gasteiger partial charge in [-0.25, -0.2) is 9.59 Å². The Hall–Kier alpha value is -2.19. The maximum Gasteiger partial charge on any atom is 0.409 e. The topological polar surface area (TPSA) is 104 Å². The van der Waals surface area contributed by atoms with Crippen LogP contribution in [0.1, 0.15) is 60.3 Å². The molecule has 1 fully saturated rings. The van der Waals surface area contributed by atoms with Crippen LogP contribution in [0.15, 0.2) is 4.99 Å². The number of carbonyl (C=O) groups is 2. The SMILES string of the molecule is CCCC(CN=C(NCC)NC1CCN(C(=O)OC)CC1)NC(=O)OC(C)(C)C. The van der Waals surface area contributed by atoms with Gasteiger partial charge in [-0.2, -0.15) is 0 Å². The Bertz CT molecular complexity index is 539. The molecule has 1 rings (SSSR count). The molecular weight excluding hydrogens is 374 g/mol. The van der Waals surface area contributed by atoms with E-state index < -0.39 is 11.7 Å². The molecular formula is C20H39N5O4. The van der Waals surface area contributed by atoms with Crippen molar-refractivity contribution in [1.29, 1.82) is 0 Å². The molecule has 168 valence electrons. The molecule has 0 spiro atoms. The average Bonchev–Trinajstić information content (AvgIpc) is 2.64. The normalized spacial score (nSPS) is 16.8. The minimum atomic E-state index is -0.528. The molecule has 1 atom stereocenters. The predicted octanol–water partition coefficient (Wildman–Crippen LogP) is 2.47. The minimum absolute atomic E-state index is 0.0912. The molecule has 2 amide bonds. The summed E-state index contributed by atoms with van der Waals surface area (Å²) in [7, 11) is 1.40. The number of hydrogen-bond acceptors (Lipinski definition) is 5. The van der Waals surface area contributed by atoms with Crippen LogP contribution in [0.5, 0.6) is 0 Å². The second kappa shape index (κ2) is 12.4. The molecule has 0 aromatic rings. The van der Waals surface area contributed by atoms with E-state index in [1.807, 2.05) is 27.7 Å². The van der Waals surface area contributed by atoms with E-state index in [1.54, 1.807) is 4.90 Å². The Morgan fingerprint density at radius 2 is 1.86 bits per heavy atom. The first-order chi connectivity index (χ1) is 13.7. The van der Waals surface area contributed by atoms with Gasteiger partial charge in [-0.05, 0) is 47.0 Å². The largest absolute Gasteiger partial charge is 0.453 e. The summed E-state index contributed by atoms with van der Waals surface area (Å²) in [6.45, 7) is 12.1. The number of alkyl carbamates (subject to hydrolysis) is 1. The molecule has 1 aliphatic rings. The molecule has 9 nitrogen and oxygen atoms in total. The Morgan fingerprint density at radius 3 is 2.38 bits per heavy atom. The Balaban J connectivity index is 2.61. The third-order valence-electron chi connectivity index (χ3n) is 4.44. The zero-order valence-electron chi connectivity index (χ0n) is 18.8. The van der Waals surface area contributed by atoms with Gasteiger partial charge in [-0.3, -0.25) is 4.99 Å². The van der Waals surface area contributed by atoms with Crippen molar-refractivity contribution >= 4 is 18.1 Å². The van der Waals surface area contributed by atoms with E-state index in [0.717, 1.165) is 38.2 Å². The van der Waals surface area contributed by atoms with E-state index in [-0.39, 0.29) is 18.2 Å². The third-order valence-corrected chi connectivity index (χ3v) is 4.44. The average molecular weight is 414 g/mol. The minimum Gasteiger partial charge on any atom is -0.453 e. The zero-order chi connectivity index (χ0) is 21.9. The van der Waals surface area contributed by atoms with E-state index >= 15 is 0 Å². The molecule has 0 bridgehead atoms. The molecule has 9 heteroatoms. The van der Waals surface area contributed by atoms with Crippen molar-refractivity contribution in [2.45, 2.75) is 78.0 Å². The molecule has 1 saturated heterocycles. The fourth-order valence-electron chi connectivity index (χ4n) is 3.08. The van der Waals surface area contributed by atoms with Crippen LogP contribution in [-0.4, -0.2) is 74.0 Å². The van der Waals surface area contributed by atoms with Gasteiger partial charge in [0.05, 0.1) is 19.7 Å². The molecule has 0 aromatic heterocycles. The van der Waals surface area contributed by atoms with Gasteiger partial charge in [0.2, 0.25) is 0 Å². The molecule has 1 heterocycles. The number of nitrogens with one attached hydrogen (secondary N) is 3. The van der Waals surface area contributed by atoms with E-state index in [9.17, 15) is 9.59 Å². The van der Waals surface area contributed by atoms with Crippen molar-refractivity contribution in [2.24, 2.45) is 4.99 Å². The van der Waals surface area contributed by atoms with Gasteiger partial charge in [-0.15, -0.1) is 0 Å². The fraction of sp³-hybridized carbons (Fsp3) is 0.850. The highest BCUT2D eigenvalue weighted by atomic mass is 16.6. The predicted molar refractivity (Wildman–Crippen MR) is 114 cm³/mol. The van der Waals surface area contributed by atoms with Gasteiger partial charge >= 0.3 is 12.2 Å². The molecule has 0 aromatic carbocycles. The van der Waals surface area contributed by atoms with Crippen LogP contribution in [0, 0.1) is 0 Å². The third kappa shape index (κ3) is 10.2. The van der Waals surface area contributed by atoms with Crippen LogP contribution in [0.3, 0.4) is 0 Å². The number of hydrogen-bond donors (Lipinski definition) is 3. The van der Waals surface area contributed by atoms with E-state index in [2.05, 4.69) is 27.9 Å². The highest BCUT2D eigenvalue weighted by molar-refractivity contribution is 5.80. The molecule has 29 heavy (non-hydrogen) atoms. The number of likely N-dealkylation sites (tertiary alicyclic amines) is 1. The number of piperidine rings is 1. The number of amides is 2. The smallest absolute Gasteiger partial charge is 0.409 e. The van der Waals surface area contributed by atoms with E-state index in [0.29, 0.717) is 19.6 Å². The summed E-state index contributed by atoms with van der Waals surface area (Å²) in [6, 6.07) is 0.142. The summed E-state index contributed by atoms with van der Waals surface area (Å²) in [4.78, 5) is 30.1. The van der Waals surface area contributed by atoms with Crippen molar-refractivity contribution in [3.8, 4) is 0 Å². The van der Waals surface area contributed by atoms with Crippen LogP contribution in [0.4, 0.5) is 9.59 Å². The quantitative estimate of drug-likeness (QED) is 0.437. The number of rotatable bonds is 7. The summed E-state index contributed by atoms with van der Waals surface area (Å²) in [6.07, 6.45) is 2.72. The van der Waals surface area contributed by atoms with Crippen LogP contribution < -0.4 is 16.0 Å². The first-order valence-electron chi connectivity index (χ1n) is 10.6. The molecule has 0 saturated carbocycles. The highest BCUT2D eigenvalue weighted by Crippen LogP contribution is 2.11. The number of methoxy groups -OCH3 is 1. The van der Waals surface area contributed by atoms with Crippen LogP contribution in [-0.2, 0) is 9.47 Å². The standard InChI is InChI=1S/C20H39N5O4/c1-7-9-16(24-18(26)29-20(3,4)5)14-22-17(21-8-2)23-15-10-12-25(13-11-15)19(27)28-6/h15-16H,7-14H2,1-6H3,(H,24,26)(H2,21,22,23). The Kier molecular flexibility index (Phi) is 10.6. The first kappa shape index (κ1) is 24.8. The summed E-state index contributed by atoms with van der Waals surface area (Å²) in [5, 5.41) is 9.61. The van der Waals surface area contributed by atoms with Crippen molar-refractivity contribution in [3.05, 3.63) is 0 Å². The fourth-order valence-corrected chi connectivity index (χ4v) is 3.08. The summed E-state index contributed by atoms with van der Waals surface area (Å²) >= 11 is 0. The van der Waals surface area contributed by atoms with Crippen LogP contribution >= 0.6 is 0 Å². The Labute approximate surface area is 175 Å². The second-order valence-corrected chi connectivity index (χ2v) is 8.23. The summed E-state index contributed by atoms with van der Waals surface area (Å²) < 4.78 is 10.1. The monoisotopic (exact) mass is 413 g/mol. The van der Waals surface area contributed by atoms with Gasteiger partial charge < -0.3 is 30.3 Å². The molecule has 0 aliphatic carbocycles. The summed E-state index contributed by atoms with van der Waals surface area (Å²) in [5.74, 6) is 0.719. The van der Waals surface area contributed by atoms with Crippen molar-refractivity contribution in [2.75, 3.05) is 33.3 Å². The number of carbonyl (C=O) groups excluding carboxylic acids is 2. The van der Waals surface area contributed by atoms with E-state index in [1.165, 1.54) is 7.11 Å². The Morgan fingerprint density at radius 1 is 1.21 bits per heavy atom. The number of nitrogens with zero attached hydrogens (tertiary/aromatic N) is 2. The van der Waals surface area contributed by atoms with E-state index in [4.69, 9.17) is 9.47 Å². The maximum atomic E-state index is 12.1. The van der Waals surface area contributed by atoms with Crippen LogP contribution in [0.25, 0.3) is 0 Å². The number of guanidine groups is 1. The molecule has 1 aliphatic heterocycles. The van der Waals surface area contributed by atoms with Gasteiger partial charge in [0, 0.05) is 25.7 Å². The van der Waals surface area contributed by atoms with Gasteiger partial charge in [-0.1, -0.05) is 13.3 Å². The van der Waals surface area contributed by atoms with Crippen molar-refractivity contribution in [1.82, 2.24) is 20.9 Å². The lowest BCUT2D eigenvalue weighted by Gasteiger charge is -2.32. The molecule has 1 unspecified atom stereocenters. The lowest BCUT2D eigenvalue weighted by Crippen LogP contribution is -2.50. The lowest BCUT2D eigenvalue weighted by atomic mass is 10.1. The van der Waals surface area contributed by atoms with Gasteiger partial charge in [0.25, 0.3) is 0 Å². The summed E-state index contributed by atoms with van der Waals surface area (Å²) in [5.41, 5.74) is -0.528. The van der Waals surface area contributed by atoms with Crippen LogP contribution in [0.2, 0.25) is 0 Å². The van der Waals surface area contributed by atoms with Crippen molar-refractivity contribution < 1.29 is 19.1 Å². The highest BCUT2D eigenvalue weighted by Gasteiger charge is 2.24. The zero-order valence-corrected chi connectivity index (χ0v) is 18.8. The molecule has 3 N–H and O–H groups in total.